The third-order valence-electron chi connectivity index (χ3n) is 5.31. The third kappa shape index (κ3) is 4.16. The molecule has 2 aromatic heterocycles. The largest absolute Gasteiger partial charge is 0.496 e. The zero-order valence-corrected chi connectivity index (χ0v) is 17.9. The van der Waals surface area contributed by atoms with Crippen molar-refractivity contribution in [2.24, 2.45) is 0 Å². The molecule has 1 aliphatic heterocycles. The van der Waals surface area contributed by atoms with E-state index in [1.165, 1.54) is 0 Å². The van der Waals surface area contributed by atoms with E-state index in [1.54, 1.807) is 38.6 Å². The van der Waals surface area contributed by atoms with Gasteiger partial charge in [0, 0.05) is 44.4 Å². The van der Waals surface area contributed by atoms with Crippen LogP contribution in [-0.4, -0.2) is 66.3 Å². The second kappa shape index (κ2) is 9.03. The van der Waals surface area contributed by atoms with E-state index in [-0.39, 0.29) is 5.91 Å². The highest BCUT2D eigenvalue weighted by Gasteiger charge is 2.27. The normalized spacial score (nSPS) is 13.9. The van der Waals surface area contributed by atoms with E-state index in [0.717, 1.165) is 11.4 Å². The molecule has 1 amide bonds. The van der Waals surface area contributed by atoms with Crippen LogP contribution < -0.4 is 14.4 Å². The quantitative estimate of drug-likeness (QED) is 0.597. The second-order valence-electron chi connectivity index (χ2n) is 7.09. The maximum absolute atomic E-state index is 13.1. The topological polar surface area (TPSA) is 93.8 Å². The van der Waals surface area contributed by atoms with Gasteiger partial charge in [0.05, 0.1) is 14.2 Å². The summed E-state index contributed by atoms with van der Waals surface area (Å²) in [6.07, 6.45) is 2.44. The fourth-order valence-electron chi connectivity index (χ4n) is 3.58. The average molecular weight is 423 g/mol. The summed E-state index contributed by atoms with van der Waals surface area (Å²) in [6, 6.07) is 9.22. The Morgan fingerprint density at radius 1 is 1.06 bits per heavy atom. The van der Waals surface area contributed by atoms with Gasteiger partial charge in [0.2, 0.25) is 11.7 Å². The highest BCUT2D eigenvalue weighted by Crippen LogP contribution is 2.30. The number of amides is 1. The summed E-state index contributed by atoms with van der Waals surface area (Å²) in [7, 11) is 3.10. The van der Waals surface area contributed by atoms with Crippen LogP contribution in [0.1, 0.15) is 23.2 Å². The summed E-state index contributed by atoms with van der Waals surface area (Å²) in [6.45, 7) is 4.48. The first kappa shape index (κ1) is 20.6. The standard InChI is InChI=1S/C22H25N5O4/c1-4-19-24-21(25-31-19)15-8-9-18(23-14-15)26-10-12-27(13-11-26)22(28)20-16(29-2)6-5-7-17(20)30-3/h5-9,14H,4,10-13H2,1-3H3. The first-order valence-corrected chi connectivity index (χ1v) is 10.2. The molecule has 0 unspecified atom stereocenters. The Bertz CT molecular complexity index is 1020. The summed E-state index contributed by atoms with van der Waals surface area (Å²) >= 11 is 0. The summed E-state index contributed by atoms with van der Waals surface area (Å²) in [5.74, 6) is 2.92. The van der Waals surface area contributed by atoms with Gasteiger partial charge in [0.25, 0.3) is 5.91 Å². The van der Waals surface area contributed by atoms with Gasteiger partial charge in [-0.05, 0) is 24.3 Å². The number of methoxy groups -OCH3 is 2. The van der Waals surface area contributed by atoms with Gasteiger partial charge >= 0.3 is 0 Å². The van der Waals surface area contributed by atoms with Crippen molar-refractivity contribution in [3.8, 4) is 22.9 Å². The third-order valence-corrected chi connectivity index (χ3v) is 5.31. The molecule has 31 heavy (non-hydrogen) atoms. The molecule has 4 rings (SSSR count). The molecule has 1 aliphatic rings. The summed E-state index contributed by atoms with van der Waals surface area (Å²) in [5, 5.41) is 3.98. The first-order valence-electron chi connectivity index (χ1n) is 10.2. The number of rotatable bonds is 6. The van der Waals surface area contributed by atoms with Gasteiger partial charge in [-0.25, -0.2) is 4.98 Å². The van der Waals surface area contributed by atoms with Crippen LogP contribution >= 0.6 is 0 Å². The van der Waals surface area contributed by atoms with Crippen molar-refractivity contribution in [1.29, 1.82) is 0 Å². The molecule has 9 nitrogen and oxygen atoms in total. The van der Waals surface area contributed by atoms with Crippen LogP contribution in [0.25, 0.3) is 11.4 Å². The Balaban J connectivity index is 1.42. The van der Waals surface area contributed by atoms with E-state index in [9.17, 15) is 4.79 Å². The minimum absolute atomic E-state index is 0.0962. The fourth-order valence-corrected chi connectivity index (χ4v) is 3.58. The van der Waals surface area contributed by atoms with Gasteiger partial charge < -0.3 is 23.8 Å². The van der Waals surface area contributed by atoms with Crippen molar-refractivity contribution in [1.82, 2.24) is 20.0 Å². The van der Waals surface area contributed by atoms with Gasteiger partial charge in [-0.2, -0.15) is 4.98 Å². The number of nitrogens with zero attached hydrogens (tertiary/aromatic N) is 5. The molecule has 1 saturated heterocycles. The number of ether oxygens (including phenoxy) is 2. The Morgan fingerprint density at radius 2 is 1.77 bits per heavy atom. The summed E-state index contributed by atoms with van der Waals surface area (Å²) in [5.41, 5.74) is 1.26. The van der Waals surface area contributed by atoms with Gasteiger partial charge in [-0.1, -0.05) is 18.1 Å². The van der Waals surface area contributed by atoms with E-state index >= 15 is 0 Å². The van der Waals surface area contributed by atoms with Crippen molar-refractivity contribution in [3.63, 3.8) is 0 Å². The van der Waals surface area contributed by atoms with Crippen molar-refractivity contribution in [2.75, 3.05) is 45.3 Å². The van der Waals surface area contributed by atoms with Gasteiger partial charge in [-0.15, -0.1) is 0 Å². The number of aryl methyl sites for hydroxylation is 1. The number of piperazine rings is 1. The van der Waals surface area contributed by atoms with Crippen LogP contribution in [0.4, 0.5) is 5.82 Å². The smallest absolute Gasteiger partial charge is 0.261 e. The zero-order chi connectivity index (χ0) is 21.8. The van der Waals surface area contributed by atoms with Crippen molar-refractivity contribution < 1.29 is 18.8 Å². The summed E-state index contributed by atoms with van der Waals surface area (Å²) in [4.78, 5) is 26.0. The number of carbonyl (C=O) groups excluding carboxylic acids is 1. The van der Waals surface area contributed by atoms with Gasteiger partial charge in [0.1, 0.15) is 22.9 Å². The molecule has 0 saturated carbocycles. The average Bonchev–Trinajstić information content (AvgIpc) is 3.32. The molecule has 0 atom stereocenters. The SMILES string of the molecule is CCc1nc(-c2ccc(N3CCN(C(=O)c4c(OC)cccc4OC)CC3)nc2)no1. The molecule has 0 radical (unpaired) electrons. The van der Waals surface area contributed by atoms with Crippen LogP contribution in [0.15, 0.2) is 41.1 Å². The number of carbonyl (C=O) groups is 1. The monoisotopic (exact) mass is 423 g/mol. The van der Waals surface area contributed by atoms with Crippen LogP contribution in [-0.2, 0) is 6.42 Å². The van der Waals surface area contributed by atoms with E-state index in [2.05, 4.69) is 20.0 Å². The lowest BCUT2D eigenvalue weighted by molar-refractivity contribution is 0.0739. The maximum Gasteiger partial charge on any atom is 0.261 e. The molecule has 0 aliphatic carbocycles. The van der Waals surface area contributed by atoms with Crippen molar-refractivity contribution >= 4 is 11.7 Å². The predicted octanol–water partition coefficient (Wildman–Crippen LogP) is 2.67. The lowest BCUT2D eigenvalue weighted by atomic mass is 10.1. The molecule has 162 valence electrons. The lowest BCUT2D eigenvalue weighted by Gasteiger charge is -2.35. The van der Waals surface area contributed by atoms with Crippen LogP contribution in [0, 0.1) is 0 Å². The van der Waals surface area contributed by atoms with Gasteiger partial charge in [-0.3, -0.25) is 4.79 Å². The molecule has 3 heterocycles. The molecule has 3 aromatic rings. The number of hydrogen-bond acceptors (Lipinski definition) is 8. The Hall–Kier alpha value is -3.62. The molecule has 9 heteroatoms. The van der Waals surface area contributed by atoms with E-state index in [1.807, 2.05) is 24.0 Å². The highest BCUT2D eigenvalue weighted by atomic mass is 16.5. The Labute approximate surface area is 180 Å². The number of hydrogen-bond donors (Lipinski definition) is 0. The zero-order valence-electron chi connectivity index (χ0n) is 17.9. The lowest BCUT2D eigenvalue weighted by Crippen LogP contribution is -2.49. The highest BCUT2D eigenvalue weighted by molar-refractivity contribution is 5.99. The minimum atomic E-state index is -0.0962. The molecule has 0 N–H and O–H groups in total. The molecule has 1 aromatic carbocycles. The minimum Gasteiger partial charge on any atom is -0.496 e. The molecule has 1 fully saturated rings. The van der Waals surface area contributed by atoms with Crippen molar-refractivity contribution in [2.45, 2.75) is 13.3 Å². The summed E-state index contributed by atoms with van der Waals surface area (Å²) < 4.78 is 15.9. The number of anilines is 1. The Morgan fingerprint density at radius 3 is 2.32 bits per heavy atom. The van der Waals surface area contributed by atoms with Gasteiger partial charge in [0.15, 0.2) is 0 Å². The fraction of sp³-hybridized carbons (Fsp3) is 0.364. The molecule has 0 spiro atoms. The van der Waals surface area contributed by atoms with E-state index in [0.29, 0.717) is 61.4 Å². The Kier molecular flexibility index (Phi) is 6.01. The molecule has 0 bridgehead atoms. The predicted molar refractivity (Wildman–Crippen MR) is 115 cm³/mol. The van der Waals surface area contributed by atoms with Crippen LogP contribution in [0.2, 0.25) is 0 Å². The molecular formula is C22H25N5O4. The second-order valence-corrected chi connectivity index (χ2v) is 7.09. The van der Waals surface area contributed by atoms with E-state index in [4.69, 9.17) is 14.0 Å². The first-order chi connectivity index (χ1) is 15.1. The van der Waals surface area contributed by atoms with E-state index < -0.39 is 0 Å². The number of pyridine rings is 1. The maximum atomic E-state index is 13.1. The van der Waals surface area contributed by atoms with Crippen molar-refractivity contribution in [3.05, 3.63) is 48.0 Å². The van der Waals surface area contributed by atoms with Crippen LogP contribution in [0.3, 0.4) is 0 Å². The number of aromatic nitrogens is 3. The van der Waals surface area contributed by atoms with Crippen LogP contribution in [0.5, 0.6) is 11.5 Å². The number of benzene rings is 1. The molecular weight excluding hydrogens is 398 g/mol.